The summed E-state index contributed by atoms with van der Waals surface area (Å²) in [6, 6.07) is 9.41. The van der Waals surface area contributed by atoms with E-state index in [1.54, 1.807) is 20.8 Å². The molecule has 4 nitrogen and oxygen atoms in total. The van der Waals surface area contributed by atoms with Crippen molar-refractivity contribution >= 4 is 20.1 Å². The first-order chi connectivity index (χ1) is 10.4. The lowest BCUT2D eigenvalue weighted by molar-refractivity contribution is -0.165. The molecule has 0 fully saturated rings. The molecule has 128 valence electrons. The Morgan fingerprint density at radius 3 is 1.96 bits per heavy atom. The van der Waals surface area contributed by atoms with Crippen molar-refractivity contribution < 1.29 is 18.8 Å². The lowest BCUT2D eigenvalue weighted by atomic mass is 9.92. The van der Waals surface area contributed by atoms with Crippen molar-refractivity contribution in [3.8, 4) is 0 Å². The highest BCUT2D eigenvalue weighted by Gasteiger charge is 2.39. The molecule has 0 radical (unpaired) electrons. The van der Waals surface area contributed by atoms with Crippen molar-refractivity contribution in [1.82, 2.24) is 0 Å². The number of hydrogen-bond acceptors (Lipinski definition) is 4. The lowest BCUT2D eigenvalue weighted by Gasteiger charge is -2.32. The third kappa shape index (κ3) is 6.67. The van der Waals surface area contributed by atoms with Crippen LogP contribution in [0.4, 0.5) is 0 Å². The molecule has 1 aromatic carbocycles. The van der Waals surface area contributed by atoms with Gasteiger partial charge >= 0.3 is 5.97 Å². The van der Waals surface area contributed by atoms with Crippen LogP contribution in [0.2, 0.25) is 19.6 Å². The number of Topliss-reactive ketones (excluding diaryl/α,β-unsaturated/α-hetero) is 1. The van der Waals surface area contributed by atoms with Gasteiger partial charge in [-0.05, 0) is 52.9 Å². The highest BCUT2D eigenvalue weighted by atomic mass is 28.4. The molecule has 2 unspecified atom stereocenters. The number of benzene rings is 1. The number of hydrogen-bond donors (Lipinski definition) is 0. The van der Waals surface area contributed by atoms with Crippen LogP contribution in [-0.2, 0) is 18.8 Å². The van der Waals surface area contributed by atoms with E-state index in [2.05, 4.69) is 0 Å². The monoisotopic (exact) mass is 336 g/mol. The van der Waals surface area contributed by atoms with E-state index in [1.807, 2.05) is 50.0 Å². The number of carbonyl (C=O) groups excluding carboxylic acids is 2. The van der Waals surface area contributed by atoms with E-state index in [0.29, 0.717) is 0 Å². The van der Waals surface area contributed by atoms with Crippen molar-refractivity contribution in [2.24, 2.45) is 5.92 Å². The predicted molar refractivity (Wildman–Crippen MR) is 93.6 cm³/mol. The van der Waals surface area contributed by atoms with E-state index in [1.165, 1.54) is 6.92 Å². The van der Waals surface area contributed by atoms with Gasteiger partial charge in [-0.2, -0.15) is 0 Å². The Hall–Kier alpha value is -1.46. The zero-order valence-corrected chi connectivity index (χ0v) is 16.2. The minimum atomic E-state index is -1.98. The molecular formula is C18H28O4Si. The van der Waals surface area contributed by atoms with Gasteiger partial charge in [0.2, 0.25) is 0 Å². The fourth-order valence-electron chi connectivity index (χ4n) is 2.22. The third-order valence-electron chi connectivity index (χ3n) is 3.01. The molecule has 0 aliphatic carbocycles. The summed E-state index contributed by atoms with van der Waals surface area (Å²) in [4.78, 5) is 24.8. The second-order valence-corrected chi connectivity index (χ2v) is 12.1. The summed E-state index contributed by atoms with van der Waals surface area (Å²) in [7, 11) is -1.98. The van der Waals surface area contributed by atoms with Crippen LogP contribution in [0.1, 0.15) is 39.4 Å². The van der Waals surface area contributed by atoms with Crippen LogP contribution in [0.5, 0.6) is 0 Å². The van der Waals surface area contributed by atoms with Crippen LogP contribution in [-0.4, -0.2) is 25.7 Å². The standard InChI is InChI=1S/C18H28O4Si/c1-13(19)15(17(20)21-18(2,3)4)16(22-23(5,6)7)14-11-9-8-10-12-14/h8-12,15-16H,1-7H3. The highest BCUT2D eigenvalue weighted by Crippen LogP contribution is 2.32. The summed E-state index contributed by atoms with van der Waals surface area (Å²) in [5.74, 6) is -1.73. The summed E-state index contributed by atoms with van der Waals surface area (Å²) in [6.45, 7) is 12.9. The van der Waals surface area contributed by atoms with Gasteiger partial charge in [-0.15, -0.1) is 0 Å². The van der Waals surface area contributed by atoms with Crippen molar-refractivity contribution in [1.29, 1.82) is 0 Å². The molecule has 0 aliphatic rings. The molecule has 23 heavy (non-hydrogen) atoms. The van der Waals surface area contributed by atoms with Gasteiger partial charge in [0.25, 0.3) is 0 Å². The van der Waals surface area contributed by atoms with Gasteiger partial charge in [-0.25, -0.2) is 0 Å². The van der Waals surface area contributed by atoms with Crippen molar-refractivity contribution in [2.75, 3.05) is 0 Å². The zero-order chi connectivity index (χ0) is 17.8. The molecule has 0 amide bonds. The Balaban J connectivity index is 3.23. The topological polar surface area (TPSA) is 52.6 Å². The van der Waals surface area contributed by atoms with Gasteiger partial charge in [0, 0.05) is 0 Å². The van der Waals surface area contributed by atoms with E-state index in [9.17, 15) is 9.59 Å². The second-order valence-electron chi connectivity index (χ2n) is 7.68. The van der Waals surface area contributed by atoms with Crippen LogP contribution >= 0.6 is 0 Å². The number of rotatable bonds is 6. The average molecular weight is 337 g/mol. The molecular weight excluding hydrogens is 308 g/mol. The van der Waals surface area contributed by atoms with E-state index in [0.717, 1.165) is 5.56 Å². The van der Waals surface area contributed by atoms with Crippen LogP contribution in [0.3, 0.4) is 0 Å². The normalized spacial score (nSPS) is 14.9. The predicted octanol–water partition coefficient (Wildman–Crippen LogP) is 4.13. The van der Waals surface area contributed by atoms with E-state index in [4.69, 9.17) is 9.16 Å². The molecule has 0 saturated heterocycles. The summed E-state index contributed by atoms with van der Waals surface area (Å²) in [5.41, 5.74) is 0.173. The van der Waals surface area contributed by atoms with Gasteiger partial charge in [-0.3, -0.25) is 9.59 Å². The zero-order valence-electron chi connectivity index (χ0n) is 15.2. The molecule has 2 atom stereocenters. The maximum atomic E-state index is 12.6. The molecule has 1 rings (SSSR count). The number of carbonyl (C=O) groups is 2. The van der Waals surface area contributed by atoms with Gasteiger partial charge < -0.3 is 9.16 Å². The Kier molecular flexibility index (Phi) is 6.30. The molecule has 0 aliphatic heterocycles. The van der Waals surface area contributed by atoms with Crippen molar-refractivity contribution in [2.45, 2.75) is 59.0 Å². The number of ketones is 1. The Morgan fingerprint density at radius 2 is 1.57 bits per heavy atom. The van der Waals surface area contributed by atoms with Gasteiger partial charge in [-0.1, -0.05) is 30.3 Å². The summed E-state index contributed by atoms with van der Waals surface area (Å²) < 4.78 is 11.7. The summed E-state index contributed by atoms with van der Waals surface area (Å²) in [6.07, 6.45) is -0.616. The molecule has 5 heteroatoms. The SMILES string of the molecule is CC(=O)C(C(=O)OC(C)(C)C)C(O[Si](C)(C)C)c1ccccc1. The Bertz CT molecular complexity index is 540. The molecule has 0 saturated carbocycles. The molecule has 0 aromatic heterocycles. The molecule has 1 aromatic rings. The quantitative estimate of drug-likeness (QED) is 0.445. The molecule has 0 heterocycles. The smallest absolute Gasteiger partial charge is 0.319 e. The third-order valence-corrected chi connectivity index (χ3v) is 3.97. The van der Waals surface area contributed by atoms with E-state index >= 15 is 0 Å². The molecule has 0 spiro atoms. The molecule has 0 N–H and O–H groups in total. The van der Waals surface area contributed by atoms with Crippen LogP contribution in [0.25, 0.3) is 0 Å². The number of ether oxygens (including phenoxy) is 1. The first-order valence-corrected chi connectivity index (χ1v) is 11.3. The van der Waals surface area contributed by atoms with Crippen LogP contribution < -0.4 is 0 Å². The lowest BCUT2D eigenvalue weighted by Crippen LogP contribution is -2.40. The van der Waals surface area contributed by atoms with E-state index < -0.39 is 31.9 Å². The first kappa shape index (κ1) is 19.6. The van der Waals surface area contributed by atoms with E-state index in [-0.39, 0.29) is 5.78 Å². The van der Waals surface area contributed by atoms with Crippen molar-refractivity contribution in [3.63, 3.8) is 0 Å². The summed E-state index contributed by atoms with van der Waals surface area (Å²) >= 11 is 0. The fraction of sp³-hybridized carbons (Fsp3) is 0.556. The second kappa shape index (κ2) is 7.40. The van der Waals surface area contributed by atoms with Gasteiger partial charge in [0.15, 0.2) is 8.32 Å². The van der Waals surface area contributed by atoms with Gasteiger partial charge in [0.05, 0.1) is 6.10 Å². The van der Waals surface area contributed by atoms with Crippen LogP contribution in [0, 0.1) is 5.92 Å². The maximum absolute atomic E-state index is 12.6. The fourth-order valence-corrected chi connectivity index (χ4v) is 3.25. The average Bonchev–Trinajstić information content (AvgIpc) is 2.34. The Labute approximate surface area is 140 Å². The minimum Gasteiger partial charge on any atom is -0.459 e. The highest BCUT2D eigenvalue weighted by molar-refractivity contribution is 6.69. The maximum Gasteiger partial charge on any atom is 0.319 e. The van der Waals surface area contributed by atoms with Crippen molar-refractivity contribution in [3.05, 3.63) is 35.9 Å². The molecule has 0 bridgehead atoms. The van der Waals surface area contributed by atoms with Gasteiger partial charge in [0.1, 0.15) is 17.3 Å². The Morgan fingerprint density at radius 1 is 1.04 bits per heavy atom. The largest absolute Gasteiger partial charge is 0.459 e. The number of esters is 1. The first-order valence-electron chi connectivity index (χ1n) is 7.87. The summed E-state index contributed by atoms with van der Waals surface area (Å²) in [5, 5.41) is 0. The van der Waals surface area contributed by atoms with Crippen LogP contribution in [0.15, 0.2) is 30.3 Å². The minimum absolute atomic E-state index is 0.244.